The number of amides is 1. The molecule has 3 rings (SSSR count). The molecule has 6 heteroatoms. The number of nitrogen functional groups attached to an aromatic ring is 1. The van der Waals surface area contributed by atoms with Crippen molar-refractivity contribution < 1.29 is 4.79 Å². The largest absolute Gasteiger partial charge is 0.339 e. The lowest BCUT2D eigenvalue weighted by Crippen LogP contribution is -2.29. The summed E-state index contributed by atoms with van der Waals surface area (Å²) in [5.74, 6) is 4.76. The van der Waals surface area contributed by atoms with Crippen molar-refractivity contribution in [2.75, 3.05) is 0 Å². The lowest BCUT2D eigenvalue weighted by Gasteiger charge is -2.05. The number of aromatic nitrogens is 2. The lowest BCUT2D eigenvalue weighted by molar-refractivity contribution is 0.0953. The fourth-order valence-electron chi connectivity index (χ4n) is 2.27. The van der Waals surface area contributed by atoms with Crippen LogP contribution < -0.4 is 11.3 Å². The van der Waals surface area contributed by atoms with Crippen molar-refractivity contribution in [1.29, 1.82) is 0 Å². The Labute approximate surface area is 120 Å². The number of nitrogens with one attached hydrogen (secondary N) is 1. The second-order valence-electron chi connectivity index (χ2n) is 4.55. The van der Waals surface area contributed by atoms with Gasteiger partial charge in [-0.25, -0.2) is 10.8 Å². The zero-order chi connectivity index (χ0) is 14.1. The van der Waals surface area contributed by atoms with E-state index in [-0.39, 0.29) is 5.91 Å². The molecule has 0 atom stereocenters. The van der Waals surface area contributed by atoms with E-state index in [1.165, 1.54) is 27.9 Å². The highest BCUT2D eigenvalue weighted by Crippen LogP contribution is 2.21. The normalized spacial score (nSPS) is 10.9. The first-order valence-corrected chi connectivity index (χ1v) is 7.07. The molecule has 2 aromatic heterocycles. The van der Waals surface area contributed by atoms with Gasteiger partial charge in [-0.2, -0.15) is 0 Å². The van der Waals surface area contributed by atoms with Crippen LogP contribution in [0.4, 0.5) is 0 Å². The first-order valence-electron chi connectivity index (χ1n) is 6.19. The first kappa shape index (κ1) is 12.8. The molecular formula is C14H14N4OS. The molecule has 0 fully saturated rings. The Balaban J connectivity index is 1.95. The molecule has 0 aliphatic rings. The highest BCUT2D eigenvalue weighted by Gasteiger charge is 2.11. The Kier molecular flexibility index (Phi) is 3.25. The number of carbonyl (C=O) groups is 1. The van der Waals surface area contributed by atoms with Gasteiger partial charge in [0.05, 0.1) is 12.2 Å². The maximum absolute atomic E-state index is 11.4. The van der Waals surface area contributed by atoms with Gasteiger partial charge in [-0.1, -0.05) is 18.2 Å². The molecule has 5 nitrogen and oxygen atoms in total. The third-order valence-corrected chi connectivity index (χ3v) is 4.10. The molecule has 20 heavy (non-hydrogen) atoms. The fraction of sp³-hybridized carbons (Fsp3) is 0.143. The second-order valence-corrected chi connectivity index (χ2v) is 5.41. The number of aryl methyl sites for hydroxylation is 1. The van der Waals surface area contributed by atoms with E-state index in [1.54, 1.807) is 0 Å². The minimum atomic E-state index is -0.352. The summed E-state index contributed by atoms with van der Waals surface area (Å²) in [5, 5.41) is 3.48. The van der Waals surface area contributed by atoms with E-state index < -0.39 is 0 Å². The van der Waals surface area contributed by atoms with Crippen molar-refractivity contribution in [3.8, 4) is 0 Å². The van der Waals surface area contributed by atoms with E-state index in [0.29, 0.717) is 11.6 Å². The van der Waals surface area contributed by atoms with Crippen LogP contribution in [0.25, 0.3) is 10.9 Å². The lowest BCUT2D eigenvalue weighted by atomic mass is 10.2. The van der Waals surface area contributed by atoms with Crippen LogP contribution in [0.2, 0.25) is 0 Å². The molecule has 102 valence electrons. The summed E-state index contributed by atoms with van der Waals surface area (Å²) >= 11 is 1.30. The Bertz CT molecular complexity index is 774. The van der Waals surface area contributed by atoms with Gasteiger partial charge >= 0.3 is 0 Å². The van der Waals surface area contributed by atoms with Gasteiger partial charge < -0.3 is 4.57 Å². The maximum atomic E-state index is 11.4. The number of hydrogen-bond acceptors (Lipinski definition) is 4. The van der Waals surface area contributed by atoms with E-state index in [4.69, 9.17) is 5.84 Å². The summed E-state index contributed by atoms with van der Waals surface area (Å²) in [7, 11) is 0. The highest BCUT2D eigenvalue weighted by atomic mass is 32.1. The number of thiazole rings is 1. The van der Waals surface area contributed by atoms with E-state index in [0.717, 1.165) is 5.69 Å². The van der Waals surface area contributed by atoms with Gasteiger partial charge in [0.15, 0.2) is 5.01 Å². The molecule has 2 heterocycles. The minimum Gasteiger partial charge on any atom is -0.339 e. The average Bonchev–Trinajstić information content (AvgIpc) is 3.04. The topological polar surface area (TPSA) is 72.9 Å². The summed E-state index contributed by atoms with van der Waals surface area (Å²) in [6.07, 6.45) is 0. The SMILES string of the molecule is Cc1cc2ccccc2n1Cc1csc(C(=O)NN)n1. The number of nitrogens with zero attached hydrogens (tertiary/aromatic N) is 2. The van der Waals surface area contributed by atoms with Crippen molar-refractivity contribution in [3.05, 3.63) is 52.1 Å². The van der Waals surface area contributed by atoms with Crippen LogP contribution in [-0.2, 0) is 6.54 Å². The third-order valence-electron chi connectivity index (χ3n) is 3.21. The highest BCUT2D eigenvalue weighted by molar-refractivity contribution is 7.11. The first-order chi connectivity index (χ1) is 9.69. The van der Waals surface area contributed by atoms with Gasteiger partial charge in [0.25, 0.3) is 5.91 Å². The van der Waals surface area contributed by atoms with Crippen LogP contribution in [0.15, 0.2) is 35.7 Å². The van der Waals surface area contributed by atoms with Gasteiger partial charge in [-0.3, -0.25) is 10.2 Å². The predicted molar refractivity (Wildman–Crippen MR) is 79.5 cm³/mol. The van der Waals surface area contributed by atoms with Gasteiger partial charge in [-0.15, -0.1) is 11.3 Å². The monoisotopic (exact) mass is 286 g/mol. The molecule has 0 unspecified atom stereocenters. The summed E-state index contributed by atoms with van der Waals surface area (Å²) in [6, 6.07) is 10.4. The van der Waals surface area contributed by atoms with Crippen LogP contribution in [-0.4, -0.2) is 15.5 Å². The van der Waals surface area contributed by atoms with Crippen LogP contribution >= 0.6 is 11.3 Å². The van der Waals surface area contributed by atoms with Gasteiger partial charge in [0, 0.05) is 16.6 Å². The molecule has 0 radical (unpaired) electrons. The van der Waals surface area contributed by atoms with Crippen molar-refractivity contribution in [3.63, 3.8) is 0 Å². The summed E-state index contributed by atoms with van der Waals surface area (Å²) in [4.78, 5) is 15.7. The average molecular weight is 286 g/mol. The van der Waals surface area contributed by atoms with E-state index in [9.17, 15) is 4.79 Å². The standard InChI is InChI=1S/C14H14N4OS/c1-9-6-10-4-2-3-5-12(10)18(9)7-11-8-20-14(16-11)13(19)17-15/h2-6,8H,7,15H2,1H3,(H,17,19). The fourth-order valence-corrected chi connectivity index (χ4v) is 2.98. The summed E-state index contributed by atoms with van der Waals surface area (Å²) < 4.78 is 2.19. The second kappa shape index (κ2) is 5.07. The molecule has 1 amide bonds. The number of carbonyl (C=O) groups excluding carboxylic acids is 1. The number of hydrogen-bond donors (Lipinski definition) is 2. The number of rotatable bonds is 3. The van der Waals surface area contributed by atoms with Crippen LogP contribution in [0.1, 0.15) is 21.2 Å². The third kappa shape index (κ3) is 2.19. The summed E-state index contributed by atoms with van der Waals surface area (Å²) in [5.41, 5.74) is 5.30. The Morgan fingerprint density at radius 3 is 3.05 bits per heavy atom. The smallest absolute Gasteiger partial charge is 0.294 e. The molecule has 1 aromatic carbocycles. The molecule has 0 aliphatic carbocycles. The van der Waals surface area contributed by atoms with Crippen LogP contribution in [0, 0.1) is 6.92 Å². The maximum Gasteiger partial charge on any atom is 0.294 e. The minimum absolute atomic E-state index is 0.352. The van der Waals surface area contributed by atoms with Crippen molar-refractivity contribution in [2.45, 2.75) is 13.5 Å². The number of para-hydroxylation sites is 1. The molecule has 0 saturated carbocycles. The molecule has 0 spiro atoms. The van der Waals surface area contributed by atoms with Crippen LogP contribution in [0.5, 0.6) is 0 Å². The quantitative estimate of drug-likeness (QED) is 0.440. The molecule has 0 saturated heterocycles. The molecule has 3 N–H and O–H groups in total. The van der Waals surface area contributed by atoms with E-state index in [2.05, 4.69) is 40.1 Å². The molecular weight excluding hydrogens is 272 g/mol. The molecule has 3 aromatic rings. The Morgan fingerprint density at radius 1 is 1.45 bits per heavy atom. The zero-order valence-corrected chi connectivity index (χ0v) is 11.8. The molecule has 0 bridgehead atoms. The number of benzene rings is 1. The predicted octanol–water partition coefficient (Wildman–Crippen LogP) is 2.06. The van der Waals surface area contributed by atoms with Gasteiger partial charge in [0.2, 0.25) is 0 Å². The number of nitrogens with two attached hydrogens (primary N) is 1. The Morgan fingerprint density at radius 2 is 2.25 bits per heavy atom. The van der Waals surface area contributed by atoms with E-state index in [1.807, 2.05) is 17.5 Å². The van der Waals surface area contributed by atoms with Crippen molar-refractivity contribution in [2.24, 2.45) is 5.84 Å². The molecule has 0 aliphatic heterocycles. The summed E-state index contributed by atoms with van der Waals surface area (Å²) in [6.45, 7) is 2.72. The van der Waals surface area contributed by atoms with Crippen molar-refractivity contribution >= 4 is 28.1 Å². The Hall–Kier alpha value is -2.18. The number of fused-ring (bicyclic) bond motifs is 1. The van der Waals surface area contributed by atoms with E-state index >= 15 is 0 Å². The number of hydrazine groups is 1. The van der Waals surface area contributed by atoms with Crippen molar-refractivity contribution in [1.82, 2.24) is 15.0 Å². The zero-order valence-electron chi connectivity index (χ0n) is 11.0. The van der Waals surface area contributed by atoms with Crippen LogP contribution in [0.3, 0.4) is 0 Å². The van der Waals surface area contributed by atoms with Gasteiger partial charge in [-0.05, 0) is 24.4 Å². The van der Waals surface area contributed by atoms with Gasteiger partial charge in [0.1, 0.15) is 0 Å².